The third kappa shape index (κ3) is 2.46. The predicted octanol–water partition coefficient (Wildman–Crippen LogP) is 2.48. The lowest BCUT2D eigenvalue weighted by Crippen LogP contribution is -2.40. The highest BCUT2D eigenvalue weighted by molar-refractivity contribution is 5.91. The fraction of sp³-hybridized carbons (Fsp3) is 0.273. The first-order chi connectivity index (χ1) is 14.4. The molecule has 1 atom stereocenters. The highest BCUT2D eigenvalue weighted by Gasteiger charge is 2.29. The van der Waals surface area contributed by atoms with E-state index in [4.69, 9.17) is 0 Å². The topological polar surface area (TPSA) is 77.4 Å². The number of benzene rings is 2. The average Bonchev–Trinajstić information content (AvgIpc) is 3.15. The van der Waals surface area contributed by atoms with Crippen LogP contribution in [0.3, 0.4) is 0 Å². The van der Waals surface area contributed by atoms with Crippen LogP contribution in [0, 0.1) is 0 Å². The van der Waals surface area contributed by atoms with Crippen LogP contribution in [0.1, 0.15) is 25.5 Å². The number of anilines is 1. The van der Waals surface area contributed by atoms with Gasteiger partial charge in [-0.15, -0.1) is 0 Å². The molecule has 0 saturated carbocycles. The number of aryl methyl sites for hydroxylation is 1. The largest absolute Gasteiger partial charge is 0.332 e. The standard InChI is InChI=1S/C22H22N6O2/c1-13-14(2)28-18-19(23-21(28)26(4)24-13)25(3)22(30)27(20(18)29)12-16-10-7-9-15-8-5-6-11-17(15)16/h5-11,14H,12H2,1-4H3. The van der Waals surface area contributed by atoms with E-state index < -0.39 is 0 Å². The Kier molecular flexibility index (Phi) is 3.92. The van der Waals surface area contributed by atoms with Crippen LogP contribution in [0.2, 0.25) is 0 Å². The van der Waals surface area contributed by atoms with E-state index in [-0.39, 0.29) is 23.8 Å². The Hall–Kier alpha value is -3.68. The Labute approximate surface area is 172 Å². The highest BCUT2D eigenvalue weighted by Crippen LogP contribution is 2.28. The third-order valence-electron chi connectivity index (χ3n) is 5.95. The molecule has 2 aromatic heterocycles. The minimum Gasteiger partial charge on any atom is -0.294 e. The molecule has 0 fully saturated rings. The van der Waals surface area contributed by atoms with Gasteiger partial charge in [-0.05, 0) is 30.2 Å². The lowest BCUT2D eigenvalue weighted by molar-refractivity contribution is 0.639. The molecule has 1 aliphatic rings. The van der Waals surface area contributed by atoms with Crippen LogP contribution in [0.15, 0.2) is 57.2 Å². The number of fused-ring (bicyclic) bond motifs is 4. The number of hydrogen-bond acceptors (Lipinski definition) is 5. The molecule has 0 radical (unpaired) electrons. The Morgan fingerprint density at radius 2 is 1.77 bits per heavy atom. The highest BCUT2D eigenvalue weighted by atomic mass is 16.2. The van der Waals surface area contributed by atoms with E-state index in [2.05, 4.69) is 10.1 Å². The van der Waals surface area contributed by atoms with Crippen molar-refractivity contribution in [2.75, 3.05) is 12.1 Å². The molecule has 30 heavy (non-hydrogen) atoms. The summed E-state index contributed by atoms with van der Waals surface area (Å²) in [4.78, 5) is 31.3. The first kappa shape index (κ1) is 18.4. The monoisotopic (exact) mass is 402 g/mol. The Morgan fingerprint density at radius 3 is 2.57 bits per heavy atom. The van der Waals surface area contributed by atoms with Crippen molar-refractivity contribution in [1.29, 1.82) is 0 Å². The fourth-order valence-corrected chi connectivity index (χ4v) is 4.22. The van der Waals surface area contributed by atoms with Crippen LogP contribution in [0.5, 0.6) is 0 Å². The van der Waals surface area contributed by atoms with Gasteiger partial charge in [-0.3, -0.25) is 18.5 Å². The van der Waals surface area contributed by atoms with Gasteiger partial charge in [0, 0.05) is 14.1 Å². The van der Waals surface area contributed by atoms with Crippen LogP contribution in [-0.4, -0.2) is 31.4 Å². The van der Waals surface area contributed by atoms with Gasteiger partial charge in [0.25, 0.3) is 5.56 Å². The minimum absolute atomic E-state index is 0.127. The van der Waals surface area contributed by atoms with Gasteiger partial charge in [-0.2, -0.15) is 10.1 Å². The summed E-state index contributed by atoms with van der Waals surface area (Å²) in [6, 6.07) is 13.8. The van der Waals surface area contributed by atoms with Crippen molar-refractivity contribution >= 4 is 33.6 Å². The number of nitrogens with zero attached hydrogens (tertiary/aromatic N) is 6. The van der Waals surface area contributed by atoms with E-state index in [1.54, 1.807) is 19.1 Å². The molecular formula is C22H22N6O2. The second-order valence-electron chi connectivity index (χ2n) is 7.77. The molecular weight excluding hydrogens is 380 g/mol. The van der Waals surface area contributed by atoms with Crippen molar-refractivity contribution in [3.63, 3.8) is 0 Å². The van der Waals surface area contributed by atoms with Gasteiger partial charge in [-0.1, -0.05) is 42.5 Å². The number of imidazole rings is 1. The van der Waals surface area contributed by atoms with Crippen molar-refractivity contribution in [1.82, 2.24) is 18.7 Å². The summed E-state index contributed by atoms with van der Waals surface area (Å²) < 4.78 is 4.62. The number of hydrogen-bond donors (Lipinski definition) is 0. The zero-order valence-electron chi connectivity index (χ0n) is 17.3. The molecule has 1 aliphatic heterocycles. The van der Waals surface area contributed by atoms with Crippen LogP contribution in [0.4, 0.5) is 5.95 Å². The average molecular weight is 402 g/mol. The SMILES string of the molecule is CC1=NN(C)c2nc3c(c(=O)n(Cc4cccc5ccccc45)c(=O)n3C)n2C1C. The van der Waals surface area contributed by atoms with Crippen molar-refractivity contribution in [3.05, 3.63) is 68.9 Å². The Morgan fingerprint density at radius 1 is 1.03 bits per heavy atom. The zero-order valence-corrected chi connectivity index (χ0v) is 17.3. The molecule has 152 valence electrons. The van der Waals surface area contributed by atoms with Gasteiger partial charge >= 0.3 is 5.69 Å². The van der Waals surface area contributed by atoms with Gasteiger partial charge < -0.3 is 0 Å². The van der Waals surface area contributed by atoms with Gasteiger partial charge in [0.2, 0.25) is 5.95 Å². The first-order valence-electron chi connectivity index (χ1n) is 9.85. The molecule has 8 nitrogen and oxygen atoms in total. The summed E-state index contributed by atoms with van der Waals surface area (Å²) in [7, 11) is 3.45. The van der Waals surface area contributed by atoms with Gasteiger partial charge in [0.05, 0.1) is 18.3 Å². The smallest absolute Gasteiger partial charge is 0.294 e. The van der Waals surface area contributed by atoms with E-state index >= 15 is 0 Å². The van der Waals surface area contributed by atoms with E-state index in [0.29, 0.717) is 17.1 Å². The van der Waals surface area contributed by atoms with Gasteiger partial charge in [0.15, 0.2) is 11.2 Å². The van der Waals surface area contributed by atoms with Gasteiger partial charge in [0.1, 0.15) is 0 Å². The molecule has 0 saturated heterocycles. The molecule has 8 heteroatoms. The fourth-order valence-electron chi connectivity index (χ4n) is 4.22. The van der Waals surface area contributed by atoms with Crippen LogP contribution >= 0.6 is 0 Å². The molecule has 0 amide bonds. The molecule has 0 bridgehead atoms. The van der Waals surface area contributed by atoms with Crippen LogP contribution < -0.4 is 16.3 Å². The van der Waals surface area contributed by atoms with E-state index in [1.165, 1.54) is 9.13 Å². The summed E-state index contributed by atoms with van der Waals surface area (Å²) in [5.41, 5.74) is 1.86. The quantitative estimate of drug-likeness (QED) is 0.516. The lowest BCUT2D eigenvalue weighted by Gasteiger charge is -2.26. The molecule has 5 rings (SSSR count). The molecule has 2 aromatic carbocycles. The second kappa shape index (κ2) is 6.41. The van der Waals surface area contributed by atoms with Crippen molar-refractivity contribution < 1.29 is 0 Å². The molecule has 0 spiro atoms. The second-order valence-corrected chi connectivity index (χ2v) is 7.77. The maximum Gasteiger partial charge on any atom is 0.332 e. The predicted molar refractivity (Wildman–Crippen MR) is 119 cm³/mol. The summed E-state index contributed by atoms with van der Waals surface area (Å²) in [6.45, 7) is 4.10. The third-order valence-corrected chi connectivity index (χ3v) is 5.95. The summed E-state index contributed by atoms with van der Waals surface area (Å²) in [6.07, 6.45) is 0. The molecule has 3 heterocycles. The first-order valence-corrected chi connectivity index (χ1v) is 9.85. The molecule has 4 aromatic rings. The molecule has 0 aliphatic carbocycles. The van der Waals surface area contributed by atoms with Crippen molar-refractivity contribution in [2.24, 2.45) is 12.1 Å². The lowest BCUT2D eigenvalue weighted by atomic mass is 10.0. The van der Waals surface area contributed by atoms with Crippen molar-refractivity contribution in [3.8, 4) is 0 Å². The normalized spacial score (nSPS) is 16.2. The van der Waals surface area contributed by atoms with E-state index in [1.807, 2.05) is 60.9 Å². The zero-order chi connectivity index (χ0) is 21.2. The minimum atomic E-state index is -0.385. The summed E-state index contributed by atoms with van der Waals surface area (Å²) >= 11 is 0. The maximum absolute atomic E-state index is 13.6. The number of hydrazone groups is 1. The summed E-state index contributed by atoms with van der Waals surface area (Å²) in [5, 5.41) is 8.23. The number of rotatable bonds is 2. The van der Waals surface area contributed by atoms with Crippen molar-refractivity contribution in [2.45, 2.75) is 26.4 Å². The summed E-state index contributed by atoms with van der Waals surface area (Å²) in [5.74, 6) is 0.554. The molecule has 1 unspecified atom stereocenters. The Bertz CT molecular complexity index is 1470. The van der Waals surface area contributed by atoms with Crippen LogP contribution in [0.25, 0.3) is 21.9 Å². The number of aromatic nitrogens is 4. The Balaban J connectivity index is 1.79. The van der Waals surface area contributed by atoms with E-state index in [9.17, 15) is 9.59 Å². The van der Waals surface area contributed by atoms with Crippen LogP contribution in [-0.2, 0) is 13.6 Å². The molecule has 0 N–H and O–H groups in total. The van der Waals surface area contributed by atoms with Gasteiger partial charge in [-0.25, -0.2) is 9.80 Å². The maximum atomic E-state index is 13.6. The van der Waals surface area contributed by atoms with E-state index in [0.717, 1.165) is 22.0 Å².